The lowest BCUT2D eigenvalue weighted by molar-refractivity contribution is 0.412. The number of thioether (sulfide) groups is 1. The summed E-state index contributed by atoms with van der Waals surface area (Å²) < 4.78 is 13.1. The largest absolute Gasteiger partial charge is 0.495 e. The molecule has 0 saturated carbocycles. The molecule has 1 aromatic carbocycles. The topological polar surface area (TPSA) is 82.1 Å². The van der Waals surface area contributed by atoms with Crippen LogP contribution in [-0.2, 0) is 5.75 Å². The second-order valence-electron chi connectivity index (χ2n) is 6.34. The fourth-order valence-electron chi connectivity index (χ4n) is 3.20. The summed E-state index contributed by atoms with van der Waals surface area (Å²) in [5.41, 5.74) is 0.926. The molecule has 0 radical (unpaired) electrons. The number of aryl methyl sites for hydroxylation is 1. The summed E-state index contributed by atoms with van der Waals surface area (Å²) >= 11 is 1.52. The van der Waals surface area contributed by atoms with Crippen LogP contribution >= 0.6 is 11.8 Å². The average Bonchev–Trinajstić information content (AvgIpc) is 3.33. The molecule has 1 aliphatic heterocycles. The molecule has 1 fully saturated rings. The van der Waals surface area contributed by atoms with Gasteiger partial charge in [0.05, 0.1) is 18.6 Å². The van der Waals surface area contributed by atoms with Gasteiger partial charge in [-0.2, -0.15) is 0 Å². The second-order valence-corrected chi connectivity index (χ2v) is 7.28. The summed E-state index contributed by atoms with van der Waals surface area (Å²) in [5.74, 6) is 3.31. The lowest BCUT2D eigenvalue weighted by Gasteiger charge is -2.28. The Morgan fingerprint density at radius 1 is 1.07 bits per heavy atom. The predicted octanol–water partition coefficient (Wildman–Crippen LogP) is 3.25. The van der Waals surface area contributed by atoms with E-state index in [9.17, 15) is 0 Å². The summed E-state index contributed by atoms with van der Waals surface area (Å²) in [6.45, 7) is 3.76. The first-order valence-corrected chi connectivity index (χ1v) is 10.0. The van der Waals surface area contributed by atoms with Crippen LogP contribution in [-0.4, -0.2) is 45.2 Å². The van der Waals surface area contributed by atoms with Crippen LogP contribution in [0.2, 0.25) is 0 Å². The van der Waals surface area contributed by atoms with E-state index in [1.807, 2.05) is 24.3 Å². The number of hydrogen-bond acceptors (Lipinski definition) is 8. The molecule has 1 saturated heterocycles. The number of rotatable bonds is 6. The van der Waals surface area contributed by atoms with Crippen LogP contribution in [0.1, 0.15) is 31.0 Å². The number of nitrogens with zero attached hydrogens (tertiary/aromatic N) is 6. The molecular formula is C18H22N6O2S. The van der Waals surface area contributed by atoms with Crippen molar-refractivity contribution in [2.24, 2.45) is 0 Å². The van der Waals surface area contributed by atoms with Crippen molar-refractivity contribution in [1.82, 2.24) is 25.0 Å². The van der Waals surface area contributed by atoms with Gasteiger partial charge in [-0.3, -0.25) is 4.57 Å². The third-order valence-corrected chi connectivity index (χ3v) is 5.39. The first-order chi connectivity index (χ1) is 13.3. The highest BCUT2D eigenvalue weighted by atomic mass is 32.2. The number of piperidine rings is 1. The average molecular weight is 386 g/mol. The van der Waals surface area contributed by atoms with E-state index >= 15 is 0 Å². The van der Waals surface area contributed by atoms with E-state index in [2.05, 4.69) is 29.9 Å². The number of ether oxygens (including phenoxy) is 1. The highest BCUT2D eigenvalue weighted by molar-refractivity contribution is 7.98. The minimum absolute atomic E-state index is 0.536. The van der Waals surface area contributed by atoms with Gasteiger partial charge in [0.2, 0.25) is 17.7 Å². The zero-order valence-electron chi connectivity index (χ0n) is 15.5. The Morgan fingerprint density at radius 2 is 1.89 bits per heavy atom. The molecule has 0 atom stereocenters. The van der Waals surface area contributed by atoms with E-state index in [0.29, 0.717) is 17.5 Å². The molecule has 0 aliphatic carbocycles. The van der Waals surface area contributed by atoms with Crippen molar-refractivity contribution < 1.29 is 9.15 Å². The van der Waals surface area contributed by atoms with Gasteiger partial charge in [-0.1, -0.05) is 23.9 Å². The van der Waals surface area contributed by atoms with Gasteiger partial charge in [0.25, 0.3) is 0 Å². The zero-order chi connectivity index (χ0) is 18.6. The third kappa shape index (κ3) is 3.78. The van der Waals surface area contributed by atoms with Gasteiger partial charge in [-0.05, 0) is 31.4 Å². The summed E-state index contributed by atoms with van der Waals surface area (Å²) in [4.78, 5) is 2.30. The second kappa shape index (κ2) is 7.99. The SMILES string of the molecule is COc1ccccc1-n1c(SCc2nnc(C)o2)nnc1N1CCCCC1. The zero-order valence-corrected chi connectivity index (χ0v) is 16.3. The molecule has 8 nitrogen and oxygen atoms in total. The van der Waals surface area contributed by atoms with Crippen LogP contribution in [0.4, 0.5) is 5.95 Å². The van der Waals surface area contributed by atoms with Gasteiger partial charge in [-0.25, -0.2) is 0 Å². The molecule has 0 N–H and O–H groups in total. The molecule has 3 heterocycles. The van der Waals surface area contributed by atoms with Crippen LogP contribution in [0.5, 0.6) is 5.75 Å². The van der Waals surface area contributed by atoms with Gasteiger partial charge < -0.3 is 14.1 Å². The van der Waals surface area contributed by atoms with Crippen molar-refractivity contribution in [3.8, 4) is 11.4 Å². The maximum absolute atomic E-state index is 5.59. The Balaban J connectivity index is 1.70. The van der Waals surface area contributed by atoms with Crippen molar-refractivity contribution in [2.45, 2.75) is 37.1 Å². The van der Waals surface area contributed by atoms with Crippen molar-refractivity contribution >= 4 is 17.7 Å². The Labute approximate surface area is 161 Å². The summed E-state index contributed by atoms with van der Waals surface area (Å²) in [7, 11) is 1.68. The minimum Gasteiger partial charge on any atom is -0.495 e. The van der Waals surface area contributed by atoms with Crippen molar-refractivity contribution in [3.05, 3.63) is 36.0 Å². The fraction of sp³-hybridized carbons (Fsp3) is 0.444. The van der Waals surface area contributed by atoms with E-state index in [4.69, 9.17) is 9.15 Å². The van der Waals surface area contributed by atoms with Gasteiger partial charge in [-0.15, -0.1) is 20.4 Å². The Bertz CT molecular complexity index is 903. The van der Waals surface area contributed by atoms with Crippen LogP contribution in [0.3, 0.4) is 0 Å². The standard InChI is InChI=1S/C18H22N6O2S/c1-13-19-20-16(26-13)12-27-18-22-21-17(23-10-6-3-7-11-23)24(18)14-8-4-5-9-15(14)25-2/h4-5,8-9H,3,6-7,10-12H2,1-2H3. The molecule has 0 spiro atoms. The van der Waals surface area contributed by atoms with Crippen LogP contribution in [0.25, 0.3) is 5.69 Å². The van der Waals surface area contributed by atoms with Crippen molar-refractivity contribution in [2.75, 3.05) is 25.1 Å². The number of para-hydroxylation sites is 2. The van der Waals surface area contributed by atoms with Gasteiger partial charge in [0.15, 0.2) is 5.16 Å². The van der Waals surface area contributed by atoms with E-state index in [1.165, 1.54) is 31.0 Å². The van der Waals surface area contributed by atoms with Gasteiger partial charge >= 0.3 is 0 Å². The summed E-state index contributed by atoms with van der Waals surface area (Å²) in [5, 5.41) is 17.7. The molecule has 2 aromatic heterocycles. The normalized spacial score (nSPS) is 14.5. The van der Waals surface area contributed by atoms with Gasteiger partial charge in [0.1, 0.15) is 5.75 Å². The maximum Gasteiger partial charge on any atom is 0.232 e. The predicted molar refractivity (Wildman–Crippen MR) is 103 cm³/mol. The molecule has 0 unspecified atom stereocenters. The Morgan fingerprint density at radius 3 is 2.63 bits per heavy atom. The Hall–Kier alpha value is -2.55. The van der Waals surface area contributed by atoms with E-state index < -0.39 is 0 Å². The van der Waals surface area contributed by atoms with Crippen LogP contribution in [0.15, 0.2) is 33.8 Å². The monoisotopic (exact) mass is 386 g/mol. The third-order valence-electron chi connectivity index (χ3n) is 4.47. The van der Waals surface area contributed by atoms with E-state index in [1.54, 1.807) is 14.0 Å². The highest BCUT2D eigenvalue weighted by Crippen LogP contribution is 2.33. The molecule has 142 valence electrons. The molecule has 27 heavy (non-hydrogen) atoms. The molecule has 1 aliphatic rings. The number of hydrogen-bond donors (Lipinski definition) is 0. The molecule has 4 rings (SSSR count). The molecule has 9 heteroatoms. The molecule has 0 bridgehead atoms. The van der Waals surface area contributed by atoms with Crippen molar-refractivity contribution in [3.63, 3.8) is 0 Å². The first kappa shape index (κ1) is 17.8. The fourth-order valence-corrected chi connectivity index (χ4v) is 3.98. The number of methoxy groups -OCH3 is 1. The molecule has 0 amide bonds. The lowest BCUT2D eigenvalue weighted by Crippen LogP contribution is -2.31. The highest BCUT2D eigenvalue weighted by Gasteiger charge is 2.23. The van der Waals surface area contributed by atoms with Crippen LogP contribution < -0.4 is 9.64 Å². The van der Waals surface area contributed by atoms with E-state index in [0.717, 1.165) is 35.6 Å². The minimum atomic E-state index is 0.536. The first-order valence-electron chi connectivity index (χ1n) is 9.02. The smallest absolute Gasteiger partial charge is 0.232 e. The number of benzene rings is 1. The number of aromatic nitrogens is 5. The molecular weight excluding hydrogens is 364 g/mol. The maximum atomic E-state index is 5.59. The van der Waals surface area contributed by atoms with Crippen molar-refractivity contribution in [1.29, 1.82) is 0 Å². The summed E-state index contributed by atoms with van der Waals surface area (Å²) in [6.07, 6.45) is 3.60. The Kier molecular flexibility index (Phi) is 5.28. The molecule has 3 aromatic rings. The quantitative estimate of drug-likeness (QED) is 0.597. The van der Waals surface area contributed by atoms with Gasteiger partial charge in [0, 0.05) is 20.0 Å². The number of anilines is 1. The lowest BCUT2D eigenvalue weighted by atomic mass is 10.1. The summed E-state index contributed by atoms with van der Waals surface area (Å²) in [6, 6.07) is 7.93. The van der Waals surface area contributed by atoms with Crippen LogP contribution in [0, 0.1) is 6.92 Å². The van der Waals surface area contributed by atoms with E-state index in [-0.39, 0.29) is 0 Å².